The highest BCUT2D eigenvalue weighted by atomic mass is 32.2. The second kappa shape index (κ2) is 16.7. The Morgan fingerprint density at radius 2 is 1.62 bits per heavy atom. The zero-order valence-electron chi connectivity index (χ0n) is 31.9. The van der Waals surface area contributed by atoms with E-state index in [1.54, 1.807) is 63.4 Å². The van der Waals surface area contributed by atoms with Gasteiger partial charge in [-0.2, -0.15) is 4.31 Å². The first kappa shape index (κ1) is 38.8. The molecule has 10 nitrogen and oxygen atoms in total. The minimum atomic E-state index is -3.72. The Morgan fingerprint density at radius 1 is 0.911 bits per heavy atom. The molecule has 12 heteroatoms. The number of hydrogen-bond donors (Lipinski definition) is 1. The number of carbonyl (C=O) groups is 2. The molecule has 1 unspecified atom stereocenters. The number of ether oxygens (including phenoxy) is 1. The van der Waals surface area contributed by atoms with Crippen LogP contribution in [0.1, 0.15) is 58.9 Å². The topological polar surface area (TPSA) is 114 Å². The molecule has 0 aliphatic heterocycles. The molecule has 0 saturated heterocycles. The van der Waals surface area contributed by atoms with Crippen molar-refractivity contribution in [2.75, 3.05) is 31.3 Å². The smallest absolute Gasteiger partial charge is 0.254 e. The molecule has 6 aromatic rings. The van der Waals surface area contributed by atoms with Crippen molar-refractivity contribution in [1.29, 1.82) is 0 Å². The van der Waals surface area contributed by atoms with E-state index in [-0.39, 0.29) is 28.5 Å². The largest absolute Gasteiger partial charge is 0.495 e. The Bertz CT molecular complexity index is 2480. The third kappa shape index (κ3) is 7.95. The number of nitrogens with one attached hydrogen (secondary N) is 1. The summed E-state index contributed by atoms with van der Waals surface area (Å²) in [5.74, 6) is 0.294. The lowest BCUT2D eigenvalue weighted by molar-refractivity contribution is -0.113. The van der Waals surface area contributed by atoms with Crippen LogP contribution in [0.15, 0.2) is 125 Å². The summed E-state index contributed by atoms with van der Waals surface area (Å²) in [6.07, 6.45) is 1.79. The third-order valence-electron chi connectivity index (χ3n) is 10.2. The van der Waals surface area contributed by atoms with Gasteiger partial charge in [-0.3, -0.25) is 14.2 Å². The first-order chi connectivity index (χ1) is 27.1. The molecule has 7 rings (SSSR count). The molecule has 1 N–H and O–H groups in total. The van der Waals surface area contributed by atoms with Crippen molar-refractivity contribution in [3.05, 3.63) is 143 Å². The van der Waals surface area contributed by atoms with E-state index in [1.165, 1.54) is 32.8 Å². The number of thioether (sulfide) groups is 1. The monoisotopic (exact) mass is 787 g/mol. The lowest BCUT2D eigenvalue weighted by atomic mass is 10.0. The fourth-order valence-corrected chi connectivity index (χ4v) is 9.62. The predicted molar refractivity (Wildman–Crippen MR) is 222 cm³/mol. The van der Waals surface area contributed by atoms with Crippen LogP contribution in [-0.2, 0) is 27.8 Å². The molecule has 56 heavy (non-hydrogen) atoms. The van der Waals surface area contributed by atoms with Crippen molar-refractivity contribution >= 4 is 50.3 Å². The summed E-state index contributed by atoms with van der Waals surface area (Å²) in [5.41, 5.74) is 7.67. The lowest BCUT2D eigenvalue weighted by Gasteiger charge is -2.30. The number of methoxy groups -OCH3 is 1. The minimum Gasteiger partial charge on any atom is -0.495 e. The Labute approximate surface area is 332 Å². The highest BCUT2D eigenvalue weighted by molar-refractivity contribution is 7.99. The number of rotatable bonds is 14. The number of imidazole rings is 1. The Morgan fingerprint density at radius 3 is 2.36 bits per heavy atom. The minimum absolute atomic E-state index is 0.0230. The van der Waals surface area contributed by atoms with Gasteiger partial charge in [-0.1, -0.05) is 91.8 Å². The summed E-state index contributed by atoms with van der Waals surface area (Å²) in [7, 11) is -2.13. The number of amides is 2. The molecule has 1 aliphatic carbocycles. The highest BCUT2D eigenvalue weighted by Gasteiger charge is 2.32. The fourth-order valence-electron chi connectivity index (χ4n) is 7.32. The van der Waals surface area contributed by atoms with Gasteiger partial charge in [0.2, 0.25) is 15.9 Å². The van der Waals surface area contributed by atoms with E-state index in [0.29, 0.717) is 58.5 Å². The Balaban J connectivity index is 1.10. The van der Waals surface area contributed by atoms with Crippen LogP contribution in [0, 0.1) is 6.92 Å². The number of nitrogens with zero attached hydrogens (tertiary/aromatic N) is 4. The van der Waals surface area contributed by atoms with Crippen molar-refractivity contribution in [3.8, 4) is 11.4 Å². The standard InChI is InChI=1S/C44H45N5O5S2/c1-5-47(6-2)56(52,53)35-24-26-39-37(27-35)46-44(49(39)40-13-9-10-14-41(40)54-4)55-29-42(50)45-34-22-19-33(20-23-34)43(51)48(28-31-17-15-30(3)16-18-31)38-25-21-32-11-7-8-12-36(32)38/h7-20,22-24,26-27,38H,5-6,21,25,28-29H2,1-4H3,(H,45,50). The molecule has 1 aliphatic rings. The van der Waals surface area contributed by atoms with E-state index < -0.39 is 10.0 Å². The predicted octanol–water partition coefficient (Wildman–Crippen LogP) is 8.43. The molecule has 2 amide bonds. The maximum Gasteiger partial charge on any atom is 0.254 e. The maximum atomic E-state index is 14.2. The lowest BCUT2D eigenvalue weighted by Crippen LogP contribution is -2.33. The maximum absolute atomic E-state index is 14.2. The number of aryl methyl sites for hydroxylation is 2. The molecule has 0 saturated carbocycles. The van der Waals surface area contributed by atoms with Crippen LogP contribution in [0.25, 0.3) is 16.7 Å². The van der Waals surface area contributed by atoms with Crippen molar-refractivity contribution in [2.45, 2.75) is 56.3 Å². The van der Waals surface area contributed by atoms with E-state index in [1.807, 2.05) is 45.9 Å². The van der Waals surface area contributed by atoms with Crippen molar-refractivity contribution in [1.82, 2.24) is 18.8 Å². The van der Waals surface area contributed by atoms with Crippen LogP contribution in [0.5, 0.6) is 5.75 Å². The summed E-state index contributed by atoms with van der Waals surface area (Å²) in [6, 6.07) is 36.0. The normalized spacial score (nSPS) is 13.8. The number of hydrogen-bond acceptors (Lipinski definition) is 7. The number of sulfonamides is 1. The van der Waals surface area contributed by atoms with E-state index in [2.05, 4.69) is 48.6 Å². The number of para-hydroxylation sites is 2. The van der Waals surface area contributed by atoms with Gasteiger partial charge in [-0.15, -0.1) is 0 Å². The van der Waals surface area contributed by atoms with E-state index >= 15 is 0 Å². The summed E-state index contributed by atoms with van der Waals surface area (Å²) in [5, 5.41) is 3.46. The van der Waals surface area contributed by atoms with Crippen molar-refractivity contribution in [2.24, 2.45) is 0 Å². The van der Waals surface area contributed by atoms with Gasteiger partial charge in [-0.05, 0) is 91.1 Å². The number of carbonyl (C=O) groups excluding carboxylic acids is 2. The molecule has 1 heterocycles. The van der Waals surface area contributed by atoms with Gasteiger partial charge in [0.1, 0.15) is 5.75 Å². The van der Waals surface area contributed by atoms with Gasteiger partial charge in [0, 0.05) is 30.9 Å². The molecule has 0 radical (unpaired) electrons. The number of fused-ring (bicyclic) bond motifs is 2. The summed E-state index contributed by atoms with van der Waals surface area (Å²) in [6.45, 7) is 6.86. The second-order valence-electron chi connectivity index (χ2n) is 13.7. The van der Waals surface area contributed by atoms with Gasteiger partial charge in [0.25, 0.3) is 5.91 Å². The molecule has 0 fully saturated rings. The van der Waals surface area contributed by atoms with E-state index in [9.17, 15) is 18.0 Å². The average Bonchev–Trinajstić information content (AvgIpc) is 3.81. The average molecular weight is 788 g/mol. The Hall–Kier alpha value is -5.43. The first-order valence-electron chi connectivity index (χ1n) is 18.7. The van der Waals surface area contributed by atoms with E-state index in [0.717, 1.165) is 18.4 Å². The van der Waals surface area contributed by atoms with Crippen molar-refractivity contribution < 1.29 is 22.7 Å². The summed E-state index contributed by atoms with van der Waals surface area (Å²) >= 11 is 1.23. The second-order valence-corrected chi connectivity index (χ2v) is 16.6. The number of anilines is 1. The molecule has 1 aromatic heterocycles. The van der Waals surface area contributed by atoms with Gasteiger partial charge >= 0.3 is 0 Å². The molecule has 1 atom stereocenters. The van der Waals surface area contributed by atoms with Crippen LogP contribution in [0.3, 0.4) is 0 Å². The summed E-state index contributed by atoms with van der Waals surface area (Å²) < 4.78 is 35.7. The number of benzene rings is 5. The van der Waals surface area contributed by atoms with Crippen LogP contribution in [-0.4, -0.2) is 64.9 Å². The zero-order chi connectivity index (χ0) is 39.4. The highest BCUT2D eigenvalue weighted by Crippen LogP contribution is 2.38. The molecule has 0 bridgehead atoms. The number of aromatic nitrogens is 2. The first-order valence-corrected chi connectivity index (χ1v) is 21.2. The van der Waals surface area contributed by atoms with Gasteiger partial charge in [0.15, 0.2) is 5.16 Å². The van der Waals surface area contributed by atoms with Crippen LogP contribution < -0.4 is 10.1 Å². The van der Waals surface area contributed by atoms with E-state index in [4.69, 9.17) is 9.72 Å². The van der Waals surface area contributed by atoms with Crippen molar-refractivity contribution in [3.63, 3.8) is 0 Å². The molecule has 0 spiro atoms. The van der Waals surface area contributed by atoms with Gasteiger partial charge in [-0.25, -0.2) is 13.4 Å². The van der Waals surface area contributed by atoms with Gasteiger partial charge in [0.05, 0.1) is 40.5 Å². The molecular weight excluding hydrogens is 743 g/mol. The quantitative estimate of drug-likeness (QED) is 0.110. The van der Waals surface area contributed by atoms with Crippen LogP contribution >= 0.6 is 11.8 Å². The molecule has 5 aromatic carbocycles. The SMILES string of the molecule is CCN(CC)S(=O)(=O)c1ccc2c(c1)nc(SCC(=O)Nc1ccc(C(=O)N(Cc3ccc(C)cc3)C3CCc4ccccc43)cc1)n2-c1ccccc1OC. The van der Waals surface area contributed by atoms with Gasteiger partial charge < -0.3 is 15.0 Å². The Kier molecular flexibility index (Phi) is 11.6. The van der Waals surface area contributed by atoms with Crippen LogP contribution in [0.2, 0.25) is 0 Å². The molecule has 288 valence electrons. The summed E-state index contributed by atoms with van der Waals surface area (Å²) in [4.78, 5) is 34.5. The van der Waals surface area contributed by atoms with Crippen LogP contribution in [0.4, 0.5) is 5.69 Å². The fraction of sp³-hybridized carbons (Fsp3) is 0.250. The molecular formula is C44H45N5O5S2. The zero-order valence-corrected chi connectivity index (χ0v) is 33.6. The third-order valence-corrected chi connectivity index (χ3v) is 13.2.